The Kier molecular flexibility index (Phi) is 15.8. The standard InChI is InChI=1S/C22H42N6O2/c23-13-1-3-15-25-17-5-7-19-27(20-8-6-18-26-16-4-2-14-24)21-9-11-22(12-10-21)28(29)30/h9-12,25-26H,1-8,13-20,23-24H2. The van der Waals surface area contributed by atoms with Gasteiger partial charge in [-0.2, -0.15) is 0 Å². The fourth-order valence-electron chi connectivity index (χ4n) is 3.30. The maximum atomic E-state index is 10.9. The zero-order chi connectivity index (χ0) is 21.9. The van der Waals surface area contributed by atoms with E-state index in [1.165, 1.54) is 0 Å². The molecule has 0 radical (unpaired) electrons. The normalized spacial score (nSPS) is 11.0. The van der Waals surface area contributed by atoms with Crippen LogP contribution in [0.25, 0.3) is 0 Å². The van der Waals surface area contributed by atoms with Crippen molar-refractivity contribution in [1.29, 1.82) is 0 Å². The predicted octanol–water partition coefficient (Wildman–Crippen LogP) is 2.62. The second kappa shape index (κ2) is 18.1. The first-order valence-corrected chi connectivity index (χ1v) is 11.5. The molecule has 6 N–H and O–H groups in total. The van der Waals surface area contributed by atoms with Crippen LogP contribution in [0, 0.1) is 10.1 Å². The smallest absolute Gasteiger partial charge is 0.269 e. The van der Waals surface area contributed by atoms with Crippen LogP contribution in [-0.4, -0.2) is 57.3 Å². The van der Waals surface area contributed by atoms with E-state index in [-0.39, 0.29) is 10.6 Å². The van der Waals surface area contributed by atoms with Crippen molar-refractivity contribution in [2.75, 3.05) is 57.3 Å². The molecule has 1 rings (SSSR count). The van der Waals surface area contributed by atoms with E-state index in [0.29, 0.717) is 0 Å². The third-order valence-corrected chi connectivity index (χ3v) is 5.10. The molecule has 0 heterocycles. The molecule has 8 heteroatoms. The number of nitro groups is 1. The van der Waals surface area contributed by atoms with Gasteiger partial charge >= 0.3 is 0 Å². The van der Waals surface area contributed by atoms with E-state index >= 15 is 0 Å². The second-order valence-corrected chi connectivity index (χ2v) is 7.67. The molecule has 0 bridgehead atoms. The Balaban J connectivity index is 2.37. The van der Waals surface area contributed by atoms with Gasteiger partial charge in [-0.3, -0.25) is 10.1 Å². The van der Waals surface area contributed by atoms with E-state index in [1.54, 1.807) is 12.1 Å². The molecule has 0 atom stereocenters. The summed E-state index contributed by atoms with van der Waals surface area (Å²) in [4.78, 5) is 12.9. The van der Waals surface area contributed by atoms with Gasteiger partial charge in [0, 0.05) is 30.9 Å². The van der Waals surface area contributed by atoms with Crippen molar-refractivity contribution in [1.82, 2.24) is 10.6 Å². The van der Waals surface area contributed by atoms with Crippen LogP contribution in [-0.2, 0) is 0 Å². The molecule has 0 unspecified atom stereocenters. The molecule has 0 aliphatic rings. The average Bonchev–Trinajstić information content (AvgIpc) is 2.76. The van der Waals surface area contributed by atoms with Crippen molar-refractivity contribution in [3.63, 3.8) is 0 Å². The van der Waals surface area contributed by atoms with Gasteiger partial charge in [0.05, 0.1) is 4.92 Å². The first kappa shape index (κ1) is 26.3. The average molecular weight is 423 g/mol. The summed E-state index contributed by atoms with van der Waals surface area (Å²) < 4.78 is 0. The molecule has 0 aliphatic heterocycles. The topological polar surface area (TPSA) is 122 Å². The summed E-state index contributed by atoms with van der Waals surface area (Å²) in [6.07, 6.45) is 8.84. The second-order valence-electron chi connectivity index (χ2n) is 7.67. The van der Waals surface area contributed by atoms with Crippen LogP contribution in [0.1, 0.15) is 51.4 Å². The van der Waals surface area contributed by atoms with E-state index in [0.717, 1.165) is 109 Å². The molecule has 0 aromatic heterocycles. The first-order chi connectivity index (χ1) is 14.7. The van der Waals surface area contributed by atoms with Crippen molar-refractivity contribution in [3.05, 3.63) is 34.4 Å². The van der Waals surface area contributed by atoms with Crippen molar-refractivity contribution < 1.29 is 4.92 Å². The Labute approximate surface area is 181 Å². The maximum Gasteiger partial charge on any atom is 0.269 e. The minimum atomic E-state index is -0.346. The number of nitrogens with two attached hydrogens (primary N) is 2. The third-order valence-electron chi connectivity index (χ3n) is 5.10. The van der Waals surface area contributed by atoms with Gasteiger partial charge in [0.25, 0.3) is 5.69 Å². The molecule has 30 heavy (non-hydrogen) atoms. The summed E-state index contributed by atoms with van der Waals surface area (Å²) in [5.41, 5.74) is 12.2. The number of non-ortho nitro benzene ring substituents is 1. The highest BCUT2D eigenvalue weighted by molar-refractivity contribution is 5.50. The van der Waals surface area contributed by atoms with Crippen molar-refractivity contribution >= 4 is 11.4 Å². The fraction of sp³-hybridized carbons (Fsp3) is 0.727. The highest BCUT2D eigenvalue weighted by Gasteiger charge is 2.09. The number of nitrogens with zero attached hydrogens (tertiary/aromatic N) is 2. The maximum absolute atomic E-state index is 10.9. The third kappa shape index (κ3) is 12.7. The van der Waals surface area contributed by atoms with Crippen molar-refractivity contribution in [3.8, 4) is 0 Å². The minimum Gasteiger partial charge on any atom is -0.372 e. The fourth-order valence-corrected chi connectivity index (χ4v) is 3.30. The predicted molar refractivity (Wildman–Crippen MR) is 126 cm³/mol. The van der Waals surface area contributed by atoms with Crippen LogP contribution in [0.15, 0.2) is 24.3 Å². The molecule has 0 amide bonds. The number of benzene rings is 1. The molecule has 0 fully saturated rings. The summed E-state index contributed by atoms with van der Waals surface area (Å²) in [6, 6.07) is 6.93. The highest BCUT2D eigenvalue weighted by atomic mass is 16.6. The highest BCUT2D eigenvalue weighted by Crippen LogP contribution is 2.20. The molecule has 0 saturated heterocycles. The van der Waals surface area contributed by atoms with Crippen LogP contribution in [0.2, 0.25) is 0 Å². The first-order valence-electron chi connectivity index (χ1n) is 11.5. The van der Waals surface area contributed by atoms with E-state index in [9.17, 15) is 10.1 Å². The lowest BCUT2D eigenvalue weighted by atomic mass is 10.2. The van der Waals surface area contributed by atoms with E-state index < -0.39 is 0 Å². The number of nitro benzene ring substituents is 1. The molecular weight excluding hydrogens is 380 g/mol. The largest absolute Gasteiger partial charge is 0.372 e. The lowest BCUT2D eigenvalue weighted by Gasteiger charge is -2.25. The van der Waals surface area contributed by atoms with E-state index in [1.807, 2.05) is 12.1 Å². The molecule has 8 nitrogen and oxygen atoms in total. The molecule has 172 valence electrons. The zero-order valence-electron chi connectivity index (χ0n) is 18.5. The number of unbranched alkanes of at least 4 members (excludes halogenated alkanes) is 4. The SMILES string of the molecule is NCCCCNCCCCN(CCCCNCCCCN)c1ccc([N+](=O)[O-])cc1. The quantitative estimate of drug-likeness (QED) is 0.145. The minimum absolute atomic E-state index is 0.141. The van der Waals surface area contributed by atoms with Gasteiger partial charge < -0.3 is 27.0 Å². The van der Waals surface area contributed by atoms with Crippen molar-refractivity contribution in [2.45, 2.75) is 51.4 Å². The molecule has 0 aliphatic carbocycles. The van der Waals surface area contributed by atoms with Crippen LogP contribution >= 0.6 is 0 Å². The summed E-state index contributed by atoms with van der Waals surface area (Å²) in [7, 11) is 0. The van der Waals surface area contributed by atoms with Crippen LogP contribution in [0.5, 0.6) is 0 Å². The number of nitrogens with one attached hydrogen (secondary N) is 2. The molecule has 1 aromatic carbocycles. The Morgan fingerprint density at radius 3 is 1.57 bits per heavy atom. The summed E-state index contributed by atoms with van der Waals surface area (Å²) in [5.74, 6) is 0. The summed E-state index contributed by atoms with van der Waals surface area (Å²) in [5, 5.41) is 17.9. The summed E-state index contributed by atoms with van der Waals surface area (Å²) in [6.45, 7) is 7.54. The van der Waals surface area contributed by atoms with Gasteiger partial charge in [-0.25, -0.2) is 0 Å². The van der Waals surface area contributed by atoms with Gasteiger partial charge in [-0.1, -0.05) is 0 Å². The Bertz CT molecular complexity index is 521. The van der Waals surface area contributed by atoms with E-state index in [4.69, 9.17) is 11.5 Å². The Hall–Kier alpha value is -1.74. The van der Waals surface area contributed by atoms with E-state index in [2.05, 4.69) is 15.5 Å². The molecule has 0 spiro atoms. The van der Waals surface area contributed by atoms with Gasteiger partial charge in [0.15, 0.2) is 0 Å². The van der Waals surface area contributed by atoms with Gasteiger partial charge in [0.2, 0.25) is 0 Å². The van der Waals surface area contributed by atoms with Crippen LogP contribution in [0.4, 0.5) is 11.4 Å². The Morgan fingerprint density at radius 1 is 0.733 bits per heavy atom. The summed E-state index contributed by atoms with van der Waals surface area (Å²) >= 11 is 0. The van der Waals surface area contributed by atoms with Gasteiger partial charge in [-0.15, -0.1) is 0 Å². The molecule has 0 saturated carbocycles. The van der Waals surface area contributed by atoms with Crippen molar-refractivity contribution in [2.24, 2.45) is 11.5 Å². The number of rotatable bonds is 20. The molecular formula is C22H42N6O2. The Morgan fingerprint density at radius 2 is 1.17 bits per heavy atom. The van der Waals surface area contributed by atoms with Gasteiger partial charge in [-0.05, 0) is 103 Å². The molecule has 1 aromatic rings. The lowest BCUT2D eigenvalue weighted by molar-refractivity contribution is -0.384. The van der Waals surface area contributed by atoms with Crippen LogP contribution < -0.4 is 27.0 Å². The lowest BCUT2D eigenvalue weighted by Crippen LogP contribution is -2.27. The number of anilines is 1. The van der Waals surface area contributed by atoms with Gasteiger partial charge in [0.1, 0.15) is 0 Å². The number of hydrogen-bond acceptors (Lipinski definition) is 7. The number of hydrogen-bond donors (Lipinski definition) is 4. The van der Waals surface area contributed by atoms with Crippen LogP contribution in [0.3, 0.4) is 0 Å². The monoisotopic (exact) mass is 422 g/mol. The zero-order valence-corrected chi connectivity index (χ0v) is 18.5.